The molecule has 0 bridgehead atoms. The van der Waals surface area contributed by atoms with Crippen LogP contribution in [0, 0.1) is 0 Å². The maximum Gasteiger partial charge on any atom is 0.411 e. The molecule has 15 heavy (non-hydrogen) atoms. The second kappa shape index (κ2) is 4.82. The van der Waals surface area contributed by atoms with Gasteiger partial charge in [-0.2, -0.15) is 0 Å². The van der Waals surface area contributed by atoms with E-state index in [0.29, 0.717) is 12.8 Å². The van der Waals surface area contributed by atoms with Gasteiger partial charge in [0.05, 0.1) is 0 Å². The van der Waals surface area contributed by atoms with Crippen LogP contribution >= 0.6 is 0 Å². The minimum absolute atomic E-state index is 0.0802. The molecule has 1 aliphatic rings. The van der Waals surface area contributed by atoms with E-state index in [1.807, 2.05) is 6.92 Å². The van der Waals surface area contributed by atoms with Crippen LogP contribution in [0.5, 0.6) is 0 Å². The van der Waals surface area contributed by atoms with Crippen molar-refractivity contribution in [2.45, 2.75) is 31.8 Å². The Bertz CT molecular complexity index is 277. The molecule has 0 spiro atoms. The fourth-order valence-corrected chi connectivity index (χ4v) is 1.74. The molecule has 84 valence electrons. The SMILES string of the molecule is C=CCOC(=O)N1[C@H](C)CC[C@@H]1C(=O)O. The Morgan fingerprint density at radius 3 is 2.80 bits per heavy atom. The Hall–Kier alpha value is -1.52. The van der Waals surface area contributed by atoms with Crippen molar-refractivity contribution >= 4 is 12.1 Å². The Kier molecular flexibility index (Phi) is 3.71. The highest BCUT2D eigenvalue weighted by atomic mass is 16.6. The molecule has 0 saturated carbocycles. The molecule has 0 aliphatic carbocycles. The zero-order chi connectivity index (χ0) is 11.4. The largest absolute Gasteiger partial charge is 0.480 e. The third-order valence-corrected chi connectivity index (χ3v) is 2.49. The molecule has 5 nitrogen and oxygen atoms in total. The molecular formula is C10H15NO4. The quantitative estimate of drug-likeness (QED) is 0.716. The maximum atomic E-state index is 11.5. The number of ether oxygens (including phenoxy) is 1. The average molecular weight is 213 g/mol. The lowest BCUT2D eigenvalue weighted by atomic mass is 10.2. The minimum atomic E-state index is -0.977. The van der Waals surface area contributed by atoms with Gasteiger partial charge < -0.3 is 9.84 Å². The molecule has 1 aliphatic heterocycles. The lowest BCUT2D eigenvalue weighted by molar-refractivity contribution is -0.142. The third-order valence-electron chi connectivity index (χ3n) is 2.49. The van der Waals surface area contributed by atoms with Crippen LogP contribution in [0.25, 0.3) is 0 Å². The van der Waals surface area contributed by atoms with Crippen molar-refractivity contribution in [3.8, 4) is 0 Å². The van der Waals surface area contributed by atoms with Crippen molar-refractivity contribution in [3.63, 3.8) is 0 Å². The van der Waals surface area contributed by atoms with Crippen LogP contribution in [0.3, 0.4) is 0 Å². The molecule has 0 unspecified atom stereocenters. The van der Waals surface area contributed by atoms with Crippen LogP contribution in [0.2, 0.25) is 0 Å². The average Bonchev–Trinajstić information content (AvgIpc) is 2.56. The Morgan fingerprint density at radius 1 is 1.60 bits per heavy atom. The van der Waals surface area contributed by atoms with Crippen molar-refractivity contribution in [3.05, 3.63) is 12.7 Å². The molecule has 0 aromatic heterocycles. The highest BCUT2D eigenvalue weighted by molar-refractivity contribution is 5.81. The number of nitrogens with zero attached hydrogens (tertiary/aromatic N) is 1. The van der Waals surface area contributed by atoms with E-state index in [4.69, 9.17) is 9.84 Å². The number of carboxylic acids is 1. The summed E-state index contributed by atoms with van der Waals surface area (Å²) in [5.41, 5.74) is 0. The number of carbonyl (C=O) groups is 2. The number of rotatable bonds is 3. The summed E-state index contributed by atoms with van der Waals surface area (Å²) < 4.78 is 4.83. The van der Waals surface area contributed by atoms with E-state index >= 15 is 0 Å². The van der Waals surface area contributed by atoms with Gasteiger partial charge in [-0.1, -0.05) is 12.7 Å². The summed E-state index contributed by atoms with van der Waals surface area (Å²) in [6.45, 7) is 5.34. The summed E-state index contributed by atoms with van der Waals surface area (Å²) in [7, 11) is 0. The third kappa shape index (κ3) is 2.49. The van der Waals surface area contributed by atoms with Crippen molar-refractivity contribution in [1.82, 2.24) is 4.90 Å². The van der Waals surface area contributed by atoms with Gasteiger partial charge in [0, 0.05) is 6.04 Å². The number of aliphatic carboxylic acids is 1. The molecule has 1 saturated heterocycles. The highest BCUT2D eigenvalue weighted by Gasteiger charge is 2.39. The first-order valence-corrected chi connectivity index (χ1v) is 4.86. The van der Waals surface area contributed by atoms with Gasteiger partial charge in [-0.25, -0.2) is 9.59 Å². The molecular weight excluding hydrogens is 198 g/mol. The fourth-order valence-electron chi connectivity index (χ4n) is 1.74. The van der Waals surface area contributed by atoms with Crippen LogP contribution in [0.1, 0.15) is 19.8 Å². The maximum absolute atomic E-state index is 11.5. The predicted octanol–water partition coefficient (Wildman–Crippen LogP) is 1.25. The van der Waals surface area contributed by atoms with E-state index in [-0.39, 0.29) is 12.6 Å². The number of amides is 1. The van der Waals surface area contributed by atoms with Crippen molar-refractivity contribution < 1.29 is 19.4 Å². The molecule has 0 radical (unpaired) electrons. The molecule has 1 fully saturated rings. The highest BCUT2D eigenvalue weighted by Crippen LogP contribution is 2.24. The summed E-state index contributed by atoms with van der Waals surface area (Å²) in [4.78, 5) is 23.7. The van der Waals surface area contributed by atoms with Gasteiger partial charge in [-0.15, -0.1) is 0 Å². The predicted molar refractivity (Wildman–Crippen MR) is 53.5 cm³/mol. The summed E-state index contributed by atoms with van der Waals surface area (Å²) in [5.74, 6) is -0.977. The monoisotopic (exact) mass is 213 g/mol. The molecule has 1 N–H and O–H groups in total. The van der Waals surface area contributed by atoms with Gasteiger partial charge in [0.1, 0.15) is 12.6 Å². The Labute approximate surface area is 88.3 Å². The lowest BCUT2D eigenvalue weighted by Gasteiger charge is -2.24. The number of likely N-dealkylation sites (tertiary alicyclic amines) is 1. The number of hydrogen-bond donors (Lipinski definition) is 1. The van der Waals surface area contributed by atoms with E-state index in [1.165, 1.54) is 11.0 Å². The van der Waals surface area contributed by atoms with Crippen LogP contribution in [-0.4, -0.2) is 40.8 Å². The van der Waals surface area contributed by atoms with E-state index in [0.717, 1.165) is 0 Å². The number of carbonyl (C=O) groups excluding carboxylic acids is 1. The molecule has 1 amide bonds. The second-order valence-electron chi connectivity index (χ2n) is 3.55. The molecule has 0 aromatic rings. The van der Waals surface area contributed by atoms with Crippen LogP contribution in [0.15, 0.2) is 12.7 Å². The van der Waals surface area contributed by atoms with Crippen LogP contribution in [0.4, 0.5) is 4.79 Å². The van der Waals surface area contributed by atoms with Gasteiger partial charge in [0.25, 0.3) is 0 Å². The van der Waals surface area contributed by atoms with Crippen LogP contribution in [-0.2, 0) is 9.53 Å². The molecule has 2 atom stereocenters. The summed E-state index contributed by atoms with van der Waals surface area (Å²) in [6, 6.07) is -0.833. The van der Waals surface area contributed by atoms with Crippen molar-refractivity contribution in [1.29, 1.82) is 0 Å². The van der Waals surface area contributed by atoms with Gasteiger partial charge in [0.15, 0.2) is 0 Å². The first-order valence-electron chi connectivity index (χ1n) is 4.86. The Morgan fingerprint density at radius 2 is 2.27 bits per heavy atom. The van der Waals surface area contributed by atoms with Gasteiger partial charge in [-0.05, 0) is 19.8 Å². The number of carboxylic acid groups (broad SMARTS) is 1. The van der Waals surface area contributed by atoms with Gasteiger partial charge >= 0.3 is 12.1 Å². The summed E-state index contributed by atoms with van der Waals surface area (Å²) >= 11 is 0. The normalized spacial score (nSPS) is 25.0. The van der Waals surface area contributed by atoms with E-state index in [1.54, 1.807) is 0 Å². The minimum Gasteiger partial charge on any atom is -0.480 e. The fraction of sp³-hybridized carbons (Fsp3) is 0.600. The molecule has 1 heterocycles. The molecule has 5 heteroatoms. The van der Waals surface area contributed by atoms with Crippen molar-refractivity contribution in [2.24, 2.45) is 0 Å². The van der Waals surface area contributed by atoms with Gasteiger partial charge in [0.2, 0.25) is 0 Å². The first-order chi connectivity index (χ1) is 7.07. The first kappa shape index (κ1) is 11.6. The second-order valence-corrected chi connectivity index (χ2v) is 3.55. The lowest BCUT2D eigenvalue weighted by Crippen LogP contribution is -2.44. The van der Waals surface area contributed by atoms with Gasteiger partial charge in [-0.3, -0.25) is 4.90 Å². The Balaban J connectivity index is 2.66. The summed E-state index contributed by atoms with van der Waals surface area (Å²) in [6.07, 6.45) is 2.06. The smallest absolute Gasteiger partial charge is 0.411 e. The van der Waals surface area contributed by atoms with E-state index < -0.39 is 18.1 Å². The molecule has 1 rings (SSSR count). The topological polar surface area (TPSA) is 66.8 Å². The zero-order valence-electron chi connectivity index (χ0n) is 8.68. The standard InChI is InChI=1S/C10H15NO4/c1-3-6-15-10(14)11-7(2)4-5-8(11)9(12)13/h3,7-8H,1,4-6H2,2H3,(H,12,13)/t7-,8-/m1/s1. The molecule has 0 aromatic carbocycles. The van der Waals surface area contributed by atoms with E-state index in [2.05, 4.69) is 6.58 Å². The van der Waals surface area contributed by atoms with Crippen LogP contribution < -0.4 is 0 Å². The van der Waals surface area contributed by atoms with Crippen molar-refractivity contribution in [2.75, 3.05) is 6.61 Å². The zero-order valence-corrected chi connectivity index (χ0v) is 8.68. The van der Waals surface area contributed by atoms with E-state index in [9.17, 15) is 9.59 Å². The number of hydrogen-bond acceptors (Lipinski definition) is 3. The summed E-state index contributed by atoms with van der Waals surface area (Å²) in [5, 5.41) is 8.91.